The summed E-state index contributed by atoms with van der Waals surface area (Å²) in [6.45, 7) is 3.98. The average molecular weight is 336 g/mol. The molecule has 0 atom stereocenters. The van der Waals surface area contributed by atoms with Crippen molar-refractivity contribution in [1.82, 2.24) is 5.32 Å². The van der Waals surface area contributed by atoms with E-state index in [0.29, 0.717) is 17.7 Å². The first-order valence-corrected chi connectivity index (χ1v) is 7.06. The number of benzene rings is 2. The fraction of sp³-hybridized carbons (Fsp3) is 0.188. The lowest BCUT2D eigenvalue weighted by atomic mass is 10.1. The van der Waals surface area contributed by atoms with E-state index in [4.69, 9.17) is 0 Å². The molecule has 104 valence electrons. The van der Waals surface area contributed by atoms with Crippen molar-refractivity contribution in [2.75, 3.05) is 0 Å². The van der Waals surface area contributed by atoms with E-state index in [1.165, 1.54) is 6.07 Å². The fourth-order valence-corrected chi connectivity index (χ4v) is 2.14. The summed E-state index contributed by atoms with van der Waals surface area (Å²) in [6, 6.07) is 10.4. The molecule has 2 aromatic carbocycles. The highest BCUT2D eigenvalue weighted by Gasteiger charge is 2.07. The molecule has 0 unspecified atom stereocenters. The van der Waals surface area contributed by atoms with E-state index in [-0.39, 0.29) is 11.7 Å². The van der Waals surface area contributed by atoms with Gasteiger partial charge in [0.1, 0.15) is 5.82 Å². The standard InChI is InChI=1S/C16H15BrFNO/c1-10-4-6-13(8-14(10)17)16(20)19-9-12-5-3-11(2)15(18)7-12/h3-8H,9H2,1-2H3,(H,19,20). The topological polar surface area (TPSA) is 29.1 Å². The van der Waals surface area contributed by atoms with Crippen molar-refractivity contribution in [3.8, 4) is 0 Å². The van der Waals surface area contributed by atoms with Crippen molar-refractivity contribution >= 4 is 21.8 Å². The van der Waals surface area contributed by atoms with Gasteiger partial charge in [0.2, 0.25) is 0 Å². The first-order chi connectivity index (χ1) is 9.47. The lowest BCUT2D eigenvalue weighted by molar-refractivity contribution is 0.0951. The van der Waals surface area contributed by atoms with Gasteiger partial charge in [-0.05, 0) is 48.7 Å². The largest absolute Gasteiger partial charge is 0.348 e. The molecule has 20 heavy (non-hydrogen) atoms. The van der Waals surface area contributed by atoms with E-state index in [9.17, 15) is 9.18 Å². The number of hydrogen-bond acceptors (Lipinski definition) is 1. The van der Waals surface area contributed by atoms with Crippen molar-refractivity contribution in [3.05, 3.63) is 68.9 Å². The van der Waals surface area contributed by atoms with Crippen molar-refractivity contribution < 1.29 is 9.18 Å². The Balaban J connectivity index is 2.04. The van der Waals surface area contributed by atoms with Crippen LogP contribution in [0.4, 0.5) is 4.39 Å². The minimum atomic E-state index is -0.255. The summed E-state index contributed by atoms with van der Waals surface area (Å²) in [5.74, 6) is -0.429. The van der Waals surface area contributed by atoms with Crippen molar-refractivity contribution in [1.29, 1.82) is 0 Å². The molecule has 0 fully saturated rings. The Kier molecular flexibility index (Phi) is 4.55. The number of aryl methyl sites for hydroxylation is 2. The van der Waals surface area contributed by atoms with Crippen LogP contribution in [-0.2, 0) is 6.54 Å². The second-order valence-corrected chi connectivity index (χ2v) is 5.58. The molecule has 0 spiro atoms. The van der Waals surface area contributed by atoms with E-state index in [0.717, 1.165) is 15.6 Å². The van der Waals surface area contributed by atoms with Gasteiger partial charge in [-0.1, -0.05) is 34.1 Å². The van der Waals surface area contributed by atoms with Gasteiger partial charge >= 0.3 is 0 Å². The SMILES string of the molecule is Cc1ccc(CNC(=O)c2ccc(C)c(Br)c2)cc1F. The van der Waals surface area contributed by atoms with Gasteiger partial charge in [-0.15, -0.1) is 0 Å². The predicted molar refractivity (Wildman–Crippen MR) is 81.2 cm³/mol. The Morgan fingerprint density at radius 3 is 2.50 bits per heavy atom. The Labute approximate surface area is 126 Å². The van der Waals surface area contributed by atoms with Gasteiger partial charge in [0.25, 0.3) is 5.91 Å². The molecule has 0 aliphatic rings. The molecule has 4 heteroatoms. The predicted octanol–water partition coefficient (Wildman–Crippen LogP) is 4.14. The van der Waals surface area contributed by atoms with Crippen LogP contribution in [-0.4, -0.2) is 5.91 Å². The highest BCUT2D eigenvalue weighted by Crippen LogP contribution is 2.17. The number of rotatable bonds is 3. The molecule has 0 bridgehead atoms. The van der Waals surface area contributed by atoms with Gasteiger partial charge in [0, 0.05) is 16.6 Å². The summed E-state index contributed by atoms with van der Waals surface area (Å²) in [6.07, 6.45) is 0. The molecule has 1 amide bonds. The highest BCUT2D eigenvalue weighted by molar-refractivity contribution is 9.10. The van der Waals surface area contributed by atoms with Crippen LogP contribution >= 0.6 is 15.9 Å². The average Bonchev–Trinajstić information content (AvgIpc) is 2.43. The number of carbonyl (C=O) groups excluding carboxylic acids is 1. The maximum atomic E-state index is 13.4. The van der Waals surface area contributed by atoms with Crippen molar-refractivity contribution in [2.45, 2.75) is 20.4 Å². The van der Waals surface area contributed by atoms with E-state index < -0.39 is 0 Å². The highest BCUT2D eigenvalue weighted by atomic mass is 79.9. The first kappa shape index (κ1) is 14.7. The van der Waals surface area contributed by atoms with Crippen LogP contribution in [0.1, 0.15) is 27.0 Å². The number of amides is 1. The van der Waals surface area contributed by atoms with E-state index in [2.05, 4.69) is 21.2 Å². The fourth-order valence-electron chi connectivity index (χ4n) is 1.76. The van der Waals surface area contributed by atoms with Gasteiger partial charge in [-0.25, -0.2) is 4.39 Å². The van der Waals surface area contributed by atoms with Crippen LogP contribution < -0.4 is 5.32 Å². The summed E-state index contributed by atoms with van der Waals surface area (Å²) in [7, 11) is 0. The maximum absolute atomic E-state index is 13.4. The molecular formula is C16H15BrFNO. The summed E-state index contributed by atoms with van der Waals surface area (Å²) >= 11 is 3.40. The summed E-state index contributed by atoms with van der Waals surface area (Å²) in [4.78, 5) is 12.0. The van der Waals surface area contributed by atoms with Crippen LogP contribution in [0.2, 0.25) is 0 Å². The summed E-state index contributed by atoms with van der Waals surface area (Å²) < 4.78 is 14.3. The quantitative estimate of drug-likeness (QED) is 0.897. The smallest absolute Gasteiger partial charge is 0.251 e. The first-order valence-electron chi connectivity index (χ1n) is 6.27. The molecule has 0 aromatic heterocycles. The Morgan fingerprint density at radius 1 is 1.15 bits per heavy atom. The van der Waals surface area contributed by atoms with Crippen molar-refractivity contribution in [2.24, 2.45) is 0 Å². The molecule has 0 saturated carbocycles. The summed E-state index contributed by atoms with van der Waals surface area (Å²) in [5, 5.41) is 2.78. The van der Waals surface area contributed by atoms with Crippen LogP contribution in [0.15, 0.2) is 40.9 Å². The van der Waals surface area contributed by atoms with Gasteiger partial charge in [-0.3, -0.25) is 4.79 Å². The number of nitrogens with one attached hydrogen (secondary N) is 1. The van der Waals surface area contributed by atoms with Gasteiger partial charge < -0.3 is 5.32 Å². The molecular weight excluding hydrogens is 321 g/mol. The second kappa shape index (κ2) is 6.18. The lowest BCUT2D eigenvalue weighted by Gasteiger charge is -2.07. The molecule has 2 nitrogen and oxygen atoms in total. The molecule has 1 N–H and O–H groups in total. The van der Waals surface area contributed by atoms with Gasteiger partial charge in [0.15, 0.2) is 0 Å². The molecule has 2 rings (SSSR count). The summed E-state index contributed by atoms with van der Waals surface area (Å²) in [5.41, 5.74) is 2.99. The Morgan fingerprint density at radius 2 is 1.85 bits per heavy atom. The van der Waals surface area contributed by atoms with Crippen LogP contribution in [0.25, 0.3) is 0 Å². The second-order valence-electron chi connectivity index (χ2n) is 4.73. The van der Waals surface area contributed by atoms with Crippen LogP contribution in [0, 0.1) is 19.7 Å². The third-order valence-electron chi connectivity index (χ3n) is 3.12. The lowest BCUT2D eigenvalue weighted by Crippen LogP contribution is -2.22. The number of halogens is 2. The molecule has 0 saturated heterocycles. The minimum Gasteiger partial charge on any atom is -0.348 e. The molecule has 0 heterocycles. The zero-order chi connectivity index (χ0) is 14.7. The molecule has 2 aromatic rings. The maximum Gasteiger partial charge on any atom is 0.251 e. The zero-order valence-electron chi connectivity index (χ0n) is 11.3. The zero-order valence-corrected chi connectivity index (χ0v) is 12.9. The van der Waals surface area contributed by atoms with Crippen LogP contribution in [0.5, 0.6) is 0 Å². The van der Waals surface area contributed by atoms with Gasteiger partial charge in [0.05, 0.1) is 0 Å². The van der Waals surface area contributed by atoms with Gasteiger partial charge in [-0.2, -0.15) is 0 Å². The third-order valence-corrected chi connectivity index (χ3v) is 3.98. The molecule has 0 aliphatic carbocycles. The van der Waals surface area contributed by atoms with Crippen molar-refractivity contribution in [3.63, 3.8) is 0 Å². The third kappa shape index (κ3) is 3.45. The van der Waals surface area contributed by atoms with Crippen LogP contribution in [0.3, 0.4) is 0 Å². The Hall–Kier alpha value is -1.68. The van der Waals surface area contributed by atoms with E-state index >= 15 is 0 Å². The monoisotopic (exact) mass is 335 g/mol. The minimum absolute atomic E-state index is 0.174. The number of carbonyl (C=O) groups is 1. The Bertz CT molecular complexity index is 655. The normalized spacial score (nSPS) is 10.4. The van der Waals surface area contributed by atoms with E-state index in [1.54, 1.807) is 25.1 Å². The number of hydrogen-bond donors (Lipinski definition) is 1. The molecule has 0 aliphatic heterocycles. The van der Waals surface area contributed by atoms with E-state index in [1.807, 2.05) is 19.1 Å². The molecule has 0 radical (unpaired) electrons.